The van der Waals surface area contributed by atoms with Crippen LogP contribution in [0.2, 0.25) is 0 Å². The Balaban J connectivity index is 1.28. The maximum absolute atomic E-state index is 12.9. The van der Waals surface area contributed by atoms with Crippen molar-refractivity contribution in [1.82, 2.24) is 9.80 Å². The fourth-order valence-corrected chi connectivity index (χ4v) is 4.74. The molecule has 0 unspecified atom stereocenters. The summed E-state index contributed by atoms with van der Waals surface area (Å²) in [4.78, 5) is 45.8. The topological polar surface area (TPSA) is 64.2 Å². The van der Waals surface area contributed by atoms with E-state index in [4.69, 9.17) is 0 Å². The number of amides is 3. The van der Waals surface area contributed by atoms with Crippen molar-refractivity contribution in [1.29, 1.82) is 0 Å². The van der Waals surface area contributed by atoms with Crippen LogP contribution in [0.1, 0.15) is 24.8 Å². The van der Waals surface area contributed by atoms with Crippen molar-refractivity contribution in [3.8, 4) is 0 Å². The van der Waals surface area contributed by atoms with Crippen LogP contribution in [-0.2, 0) is 20.8 Å². The van der Waals surface area contributed by atoms with Gasteiger partial charge >= 0.3 is 0 Å². The third-order valence-corrected chi connectivity index (χ3v) is 6.75. The number of benzene rings is 1. The van der Waals surface area contributed by atoms with E-state index in [1.807, 2.05) is 28.0 Å². The molecule has 1 aromatic carbocycles. The second kappa shape index (κ2) is 7.13. The lowest BCUT2D eigenvalue weighted by Gasteiger charge is -2.33. The van der Waals surface area contributed by atoms with Crippen LogP contribution >= 0.6 is 0 Å². The molecule has 1 atom stereocenters. The molecule has 3 heterocycles. The Labute approximate surface area is 171 Å². The number of anilines is 2. The summed E-state index contributed by atoms with van der Waals surface area (Å²) >= 11 is 0. The van der Waals surface area contributed by atoms with Crippen LogP contribution in [0.4, 0.5) is 11.4 Å². The monoisotopic (exact) mass is 396 g/mol. The van der Waals surface area contributed by atoms with E-state index in [1.54, 1.807) is 4.90 Å². The Bertz CT molecular complexity index is 858. The summed E-state index contributed by atoms with van der Waals surface area (Å²) in [5, 5.41) is 0. The van der Waals surface area contributed by atoms with Crippen LogP contribution in [0.3, 0.4) is 0 Å². The van der Waals surface area contributed by atoms with Crippen molar-refractivity contribution in [2.45, 2.75) is 25.7 Å². The van der Waals surface area contributed by atoms with E-state index >= 15 is 0 Å². The highest BCUT2D eigenvalue weighted by Gasteiger charge is 2.39. The molecule has 0 radical (unpaired) electrons. The Morgan fingerprint density at radius 2 is 1.72 bits per heavy atom. The first kappa shape index (κ1) is 18.6. The van der Waals surface area contributed by atoms with E-state index < -0.39 is 0 Å². The Kier molecular flexibility index (Phi) is 4.57. The summed E-state index contributed by atoms with van der Waals surface area (Å²) in [6.45, 7) is 4.43. The number of nitrogens with zero attached hydrogens (tertiary/aromatic N) is 4. The number of carbonyl (C=O) groups excluding carboxylic acids is 3. The zero-order chi connectivity index (χ0) is 20.1. The van der Waals surface area contributed by atoms with E-state index in [1.165, 1.54) is 0 Å². The molecule has 0 aromatic heterocycles. The van der Waals surface area contributed by atoms with Gasteiger partial charge in [0.05, 0.1) is 5.92 Å². The smallest absolute Gasteiger partial charge is 0.230 e. The van der Waals surface area contributed by atoms with Crippen molar-refractivity contribution >= 4 is 29.1 Å². The van der Waals surface area contributed by atoms with Crippen LogP contribution in [-0.4, -0.2) is 73.8 Å². The number of likely N-dealkylation sites (N-methyl/N-ethyl adjacent to an activating group) is 1. The molecule has 7 nitrogen and oxygen atoms in total. The van der Waals surface area contributed by atoms with E-state index in [9.17, 15) is 14.4 Å². The van der Waals surface area contributed by atoms with Gasteiger partial charge in [-0.05, 0) is 50.1 Å². The van der Waals surface area contributed by atoms with E-state index in [0.29, 0.717) is 6.54 Å². The molecular formula is C22H28N4O3. The molecule has 4 aliphatic rings. The summed E-state index contributed by atoms with van der Waals surface area (Å²) in [5.74, 6) is 0.318. The van der Waals surface area contributed by atoms with Gasteiger partial charge in [-0.1, -0.05) is 0 Å². The van der Waals surface area contributed by atoms with Crippen LogP contribution in [0.5, 0.6) is 0 Å². The number of rotatable bonds is 3. The molecule has 1 saturated carbocycles. The fourth-order valence-electron chi connectivity index (χ4n) is 4.74. The Morgan fingerprint density at radius 3 is 2.45 bits per heavy atom. The Hall–Kier alpha value is -2.41. The highest BCUT2D eigenvalue weighted by atomic mass is 16.2. The molecule has 1 aliphatic carbocycles. The molecule has 2 saturated heterocycles. The summed E-state index contributed by atoms with van der Waals surface area (Å²) in [6.07, 6.45) is 3.13. The maximum atomic E-state index is 12.9. The van der Waals surface area contributed by atoms with Crippen molar-refractivity contribution in [3.63, 3.8) is 0 Å². The standard InChI is InChI=1S/C22H28N4O3/c1-23-8-10-24(11-9-23)21(28)17-13-20(27)26(14-17)18-4-5-19-16(12-18)6-7-25(19)22(29)15-2-3-15/h4-5,12,15,17H,2-3,6-11,13-14H2,1H3/t17-/m0/s1. The summed E-state index contributed by atoms with van der Waals surface area (Å²) in [5.41, 5.74) is 2.96. The second-order valence-corrected chi connectivity index (χ2v) is 8.86. The molecule has 0 N–H and O–H groups in total. The lowest BCUT2D eigenvalue weighted by Crippen LogP contribution is -2.49. The third-order valence-electron chi connectivity index (χ3n) is 6.75. The predicted octanol–water partition coefficient (Wildman–Crippen LogP) is 1.11. The van der Waals surface area contributed by atoms with Crippen molar-refractivity contribution in [2.75, 3.05) is 56.1 Å². The van der Waals surface area contributed by atoms with Gasteiger partial charge in [0.25, 0.3) is 0 Å². The number of hydrogen-bond donors (Lipinski definition) is 0. The van der Waals surface area contributed by atoms with Gasteiger partial charge < -0.3 is 19.6 Å². The minimum absolute atomic E-state index is 0.0151. The zero-order valence-corrected chi connectivity index (χ0v) is 17.0. The summed E-state index contributed by atoms with van der Waals surface area (Å²) in [6, 6.07) is 5.94. The highest BCUT2D eigenvalue weighted by molar-refractivity contribution is 6.02. The number of carbonyl (C=O) groups is 3. The molecule has 29 heavy (non-hydrogen) atoms. The van der Waals surface area contributed by atoms with E-state index in [2.05, 4.69) is 11.9 Å². The highest BCUT2D eigenvalue weighted by Crippen LogP contribution is 2.38. The third kappa shape index (κ3) is 3.41. The molecular weight excluding hydrogens is 368 g/mol. The van der Waals surface area contributed by atoms with Gasteiger partial charge in [-0.2, -0.15) is 0 Å². The lowest BCUT2D eigenvalue weighted by atomic mass is 10.1. The number of fused-ring (bicyclic) bond motifs is 1. The minimum Gasteiger partial charge on any atom is -0.340 e. The fraction of sp³-hybridized carbons (Fsp3) is 0.591. The van der Waals surface area contributed by atoms with Crippen molar-refractivity contribution in [3.05, 3.63) is 23.8 Å². The average molecular weight is 396 g/mol. The predicted molar refractivity (Wildman–Crippen MR) is 110 cm³/mol. The van der Waals surface area contributed by atoms with Crippen LogP contribution < -0.4 is 9.80 Å². The molecule has 0 spiro atoms. The van der Waals surface area contributed by atoms with Gasteiger partial charge in [-0.15, -0.1) is 0 Å². The molecule has 5 rings (SSSR count). The average Bonchev–Trinajstić information content (AvgIpc) is 3.38. The van der Waals surface area contributed by atoms with Gasteiger partial charge in [-0.3, -0.25) is 14.4 Å². The van der Waals surface area contributed by atoms with Crippen molar-refractivity contribution < 1.29 is 14.4 Å². The van der Waals surface area contributed by atoms with Crippen molar-refractivity contribution in [2.24, 2.45) is 11.8 Å². The van der Waals surface area contributed by atoms with Crippen LogP contribution in [0.25, 0.3) is 0 Å². The molecule has 7 heteroatoms. The summed E-state index contributed by atoms with van der Waals surface area (Å²) < 4.78 is 0. The minimum atomic E-state index is -0.257. The first-order valence-electron chi connectivity index (χ1n) is 10.7. The van der Waals surface area contributed by atoms with Crippen LogP contribution in [0.15, 0.2) is 18.2 Å². The SMILES string of the molecule is CN1CCN(C(=O)[C@H]2CC(=O)N(c3ccc4c(c3)CCN4C(=O)C3CC3)C2)CC1. The van der Waals surface area contributed by atoms with Gasteiger partial charge in [0.1, 0.15) is 0 Å². The van der Waals surface area contributed by atoms with E-state index in [0.717, 1.165) is 68.9 Å². The summed E-state index contributed by atoms with van der Waals surface area (Å²) in [7, 11) is 2.07. The molecule has 3 fully saturated rings. The molecule has 3 amide bonds. The maximum Gasteiger partial charge on any atom is 0.230 e. The van der Waals surface area contributed by atoms with Gasteiger partial charge in [0.15, 0.2) is 0 Å². The van der Waals surface area contributed by atoms with E-state index in [-0.39, 0.29) is 36.0 Å². The first-order chi connectivity index (χ1) is 14.0. The molecule has 154 valence electrons. The molecule has 1 aromatic rings. The molecule has 3 aliphatic heterocycles. The molecule has 0 bridgehead atoms. The van der Waals surface area contributed by atoms with Gasteiger partial charge in [0, 0.05) is 63.0 Å². The largest absolute Gasteiger partial charge is 0.340 e. The Morgan fingerprint density at radius 1 is 0.966 bits per heavy atom. The lowest BCUT2D eigenvalue weighted by molar-refractivity contribution is -0.137. The first-order valence-corrected chi connectivity index (χ1v) is 10.7. The zero-order valence-electron chi connectivity index (χ0n) is 17.0. The van der Waals surface area contributed by atoms with Gasteiger partial charge in [-0.25, -0.2) is 0 Å². The normalized spacial score (nSPS) is 24.9. The second-order valence-electron chi connectivity index (χ2n) is 8.86. The number of piperazine rings is 1. The quantitative estimate of drug-likeness (QED) is 0.768. The van der Waals surface area contributed by atoms with Gasteiger partial charge in [0.2, 0.25) is 17.7 Å². The number of hydrogen-bond acceptors (Lipinski definition) is 4. The van der Waals surface area contributed by atoms with Crippen LogP contribution in [0, 0.1) is 11.8 Å².